The van der Waals surface area contributed by atoms with Gasteiger partial charge in [0.1, 0.15) is 4.90 Å². The van der Waals surface area contributed by atoms with Crippen molar-refractivity contribution in [2.75, 3.05) is 0 Å². The molecule has 0 fully saturated rings. The Balaban J connectivity index is 0.00000162. The van der Waals surface area contributed by atoms with Crippen LogP contribution in [0.25, 0.3) is 10.8 Å². The SMILES string of the molecule is CC(C)c1ccc2ccccc2c1S(=O)(=O)O.[H-].[Na+]. The van der Waals surface area contributed by atoms with E-state index in [1.165, 1.54) is 0 Å². The maximum Gasteiger partial charge on any atom is 1.00 e. The van der Waals surface area contributed by atoms with Gasteiger partial charge in [0, 0.05) is 5.39 Å². The van der Waals surface area contributed by atoms with Crippen LogP contribution < -0.4 is 29.6 Å². The van der Waals surface area contributed by atoms with Crippen LogP contribution in [0.2, 0.25) is 0 Å². The molecular formula is C13H15NaO3S. The second kappa shape index (κ2) is 5.72. The average Bonchev–Trinajstić information content (AvgIpc) is 2.26. The Morgan fingerprint density at radius 2 is 1.72 bits per heavy atom. The Morgan fingerprint density at radius 1 is 1.11 bits per heavy atom. The summed E-state index contributed by atoms with van der Waals surface area (Å²) in [6, 6.07) is 10.8. The number of hydrogen-bond acceptors (Lipinski definition) is 2. The molecule has 2 aromatic carbocycles. The van der Waals surface area contributed by atoms with Gasteiger partial charge in [-0.2, -0.15) is 8.42 Å². The molecule has 92 valence electrons. The Bertz CT molecular complexity index is 669. The molecule has 2 rings (SSSR count). The first-order chi connectivity index (χ1) is 7.91. The molecule has 0 aliphatic carbocycles. The molecule has 0 aromatic heterocycles. The van der Waals surface area contributed by atoms with Crippen LogP contribution in [0.1, 0.15) is 26.8 Å². The third-order valence-corrected chi connectivity index (χ3v) is 3.76. The first-order valence-corrected chi connectivity index (χ1v) is 6.84. The van der Waals surface area contributed by atoms with Crippen molar-refractivity contribution in [2.24, 2.45) is 0 Å². The minimum atomic E-state index is -4.21. The summed E-state index contributed by atoms with van der Waals surface area (Å²) >= 11 is 0. The Morgan fingerprint density at radius 3 is 2.28 bits per heavy atom. The Hall–Kier alpha value is -0.390. The van der Waals surface area contributed by atoms with Crippen LogP contribution in [0.15, 0.2) is 41.3 Å². The number of rotatable bonds is 2. The van der Waals surface area contributed by atoms with Gasteiger partial charge in [-0.05, 0) is 16.9 Å². The molecule has 2 aromatic rings. The largest absolute Gasteiger partial charge is 1.00 e. The number of benzene rings is 2. The van der Waals surface area contributed by atoms with E-state index >= 15 is 0 Å². The zero-order chi connectivity index (χ0) is 12.6. The van der Waals surface area contributed by atoms with Crippen LogP contribution in [0.4, 0.5) is 0 Å². The summed E-state index contributed by atoms with van der Waals surface area (Å²) in [5, 5.41) is 1.38. The van der Waals surface area contributed by atoms with Crippen LogP contribution in [0, 0.1) is 0 Å². The van der Waals surface area contributed by atoms with Gasteiger partial charge in [0.15, 0.2) is 0 Å². The molecule has 1 N–H and O–H groups in total. The second-order valence-corrected chi connectivity index (χ2v) is 5.69. The summed E-state index contributed by atoms with van der Waals surface area (Å²) in [4.78, 5) is 0.0330. The molecule has 0 bridgehead atoms. The zero-order valence-electron chi connectivity index (χ0n) is 11.7. The Labute approximate surface area is 131 Å². The normalized spacial score (nSPS) is 11.6. The fourth-order valence-corrected chi connectivity index (χ4v) is 3.07. The molecule has 0 amide bonds. The molecule has 0 saturated heterocycles. The van der Waals surface area contributed by atoms with E-state index in [0.29, 0.717) is 10.9 Å². The van der Waals surface area contributed by atoms with Gasteiger partial charge in [-0.3, -0.25) is 4.55 Å². The third-order valence-electron chi connectivity index (χ3n) is 2.79. The van der Waals surface area contributed by atoms with Gasteiger partial charge >= 0.3 is 29.6 Å². The third kappa shape index (κ3) is 2.95. The van der Waals surface area contributed by atoms with Gasteiger partial charge in [-0.25, -0.2) is 0 Å². The minimum Gasteiger partial charge on any atom is -1.00 e. The Kier molecular flexibility index (Phi) is 4.98. The van der Waals surface area contributed by atoms with Crippen LogP contribution in [-0.4, -0.2) is 13.0 Å². The van der Waals surface area contributed by atoms with Gasteiger partial charge in [0.2, 0.25) is 0 Å². The minimum absolute atomic E-state index is 0. The number of hydrogen-bond donors (Lipinski definition) is 1. The maximum absolute atomic E-state index is 11.5. The monoisotopic (exact) mass is 274 g/mol. The summed E-state index contributed by atoms with van der Waals surface area (Å²) < 4.78 is 32.4. The van der Waals surface area contributed by atoms with E-state index in [2.05, 4.69) is 0 Å². The fraction of sp³-hybridized carbons (Fsp3) is 0.231. The molecule has 0 heterocycles. The standard InChI is InChI=1S/C13H14O3S.Na.H/c1-9(2)11-8-7-10-5-3-4-6-12(10)13(11)17(14,15)16;;/h3-9H,1-2H3,(H,14,15,16);;/q;+1;-1. The van der Waals surface area contributed by atoms with E-state index in [9.17, 15) is 13.0 Å². The van der Waals surface area contributed by atoms with Crippen molar-refractivity contribution >= 4 is 20.9 Å². The van der Waals surface area contributed by atoms with Gasteiger partial charge in [0.05, 0.1) is 0 Å². The molecule has 5 heteroatoms. The van der Waals surface area contributed by atoms with Gasteiger partial charge in [-0.15, -0.1) is 0 Å². The smallest absolute Gasteiger partial charge is 1.00 e. The van der Waals surface area contributed by atoms with Gasteiger partial charge < -0.3 is 1.43 Å². The summed E-state index contributed by atoms with van der Waals surface area (Å²) in [5.41, 5.74) is 0.645. The summed E-state index contributed by atoms with van der Waals surface area (Å²) in [6.07, 6.45) is 0. The zero-order valence-corrected chi connectivity index (χ0v) is 13.5. The van der Waals surface area contributed by atoms with Crippen molar-refractivity contribution in [2.45, 2.75) is 24.7 Å². The van der Waals surface area contributed by atoms with E-state index in [1.54, 1.807) is 18.2 Å². The summed E-state index contributed by atoms with van der Waals surface area (Å²) in [6.45, 7) is 3.80. The van der Waals surface area contributed by atoms with Crippen LogP contribution in [-0.2, 0) is 10.1 Å². The van der Waals surface area contributed by atoms with E-state index in [-0.39, 0.29) is 41.8 Å². The van der Waals surface area contributed by atoms with Gasteiger partial charge in [0.25, 0.3) is 10.1 Å². The topological polar surface area (TPSA) is 54.4 Å². The van der Waals surface area contributed by atoms with Crippen LogP contribution in [0.3, 0.4) is 0 Å². The quantitative estimate of drug-likeness (QED) is 0.634. The van der Waals surface area contributed by atoms with Gasteiger partial charge in [-0.1, -0.05) is 50.2 Å². The predicted molar refractivity (Wildman–Crippen MR) is 69.0 cm³/mol. The van der Waals surface area contributed by atoms with E-state index < -0.39 is 10.1 Å². The predicted octanol–water partition coefficient (Wildman–Crippen LogP) is 0.326. The maximum atomic E-state index is 11.5. The van der Waals surface area contributed by atoms with E-state index in [4.69, 9.17) is 0 Å². The molecule has 18 heavy (non-hydrogen) atoms. The summed E-state index contributed by atoms with van der Waals surface area (Å²) in [5.74, 6) is 0.0385. The first-order valence-electron chi connectivity index (χ1n) is 5.40. The van der Waals surface area contributed by atoms with E-state index in [1.807, 2.05) is 32.0 Å². The van der Waals surface area contributed by atoms with Crippen molar-refractivity contribution in [1.29, 1.82) is 0 Å². The van der Waals surface area contributed by atoms with Crippen molar-refractivity contribution in [1.82, 2.24) is 0 Å². The van der Waals surface area contributed by atoms with E-state index in [0.717, 1.165) is 5.39 Å². The second-order valence-electron chi connectivity index (χ2n) is 4.33. The molecule has 0 radical (unpaired) electrons. The average molecular weight is 274 g/mol. The molecule has 0 saturated carbocycles. The molecule has 3 nitrogen and oxygen atoms in total. The fourth-order valence-electron chi connectivity index (χ4n) is 2.00. The summed E-state index contributed by atoms with van der Waals surface area (Å²) in [7, 11) is -4.21. The first kappa shape index (κ1) is 15.7. The molecule has 0 unspecified atom stereocenters. The van der Waals surface area contributed by atoms with Crippen LogP contribution in [0.5, 0.6) is 0 Å². The van der Waals surface area contributed by atoms with Crippen molar-refractivity contribution in [3.63, 3.8) is 0 Å². The molecule has 0 aliphatic heterocycles. The van der Waals surface area contributed by atoms with Crippen molar-refractivity contribution in [3.05, 3.63) is 42.0 Å². The molecule has 0 atom stereocenters. The molecule has 0 spiro atoms. The van der Waals surface area contributed by atoms with Crippen molar-refractivity contribution in [3.8, 4) is 0 Å². The molecule has 0 aliphatic rings. The van der Waals surface area contributed by atoms with Crippen LogP contribution >= 0.6 is 0 Å². The molecular weight excluding hydrogens is 259 g/mol. The number of fused-ring (bicyclic) bond motifs is 1. The van der Waals surface area contributed by atoms with Crippen molar-refractivity contribution < 1.29 is 44.0 Å².